The third-order valence-corrected chi connectivity index (χ3v) is 3.20. The number of hydroxylamine groups is 1. The van der Waals surface area contributed by atoms with Gasteiger partial charge in [0.05, 0.1) is 7.11 Å². The predicted molar refractivity (Wildman–Crippen MR) is 40.5 cm³/mol. The monoisotopic (exact) mass is 147 g/mol. The summed E-state index contributed by atoms with van der Waals surface area (Å²) in [6.07, 6.45) is 4.83. The molecule has 1 saturated carbocycles. The molecule has 1 N–H and O–H groups in total. The summed E-state index contributed by atoms with van der Waals surface area (Å²) in [6, 6.07) is 0. The van der Waals surface area contributed by atoms with Crippen LogP contribution in [0.5, 0.6) is 0 Å². The van der Waals surface area contributed by atoms with Crippen LogP contribution in [0.4, 0.5) is 0 Å². The molecule has 0 saturated heterocycles. The van der Waals surface area contributed by atoms with E-state index in [0.717, 1.165) is 6.54 Å². The highest BCUT2D eigenvalue weighted by molar-refractivity contribution is 8.00. The van der Waals surface area contributed by atoms with Gasteiger partial charge in [0.25, 0.3) is 0 Å². The van der Waals surface area contributed by atoms with Gasteiger partial charge in [-0.15, -0.1) is 0 Å². The van der Waals surface area contributed by atoms with Gasteiger partial charge in [0, 0.05) is 11.3 Å². The Morgan fingerprint density at radius 1 is 1.67 bits per heavy atom. The van der Waals surface area contributed by atoms with Crippen molar-refractivity contribution >= 4 is 11.8 Å². The van der Waals surface area contributed by atoms with Crippen molar-refractivity contribution in [1.29, 1.82) is 0 Å². The second kappa shape index (κ2) is 2.90. The van der Waals surface area contributed by atoms with Crippen LogP contribution in [0, 0.1) is 0 Å². The molecule has 0 bridgehead atoms. The minimum absolute atomic E-state index is 0.524. The van der Waals surface area contributed by atoms with E-state index in [1.165, 1.54) is 12.8 Å². The van der Waals surface area contributed by atoms with Gasteiger partial charge < -0.3 is 4.84 Å². The van der Waals surface area contributed by atoms with E-state index in [9.17, 15) is 0 Å². The number of rotatable bonds is 4. The van der Waals surface area contributed by atoms with E-state index < -0.39 is 0 Å². The third kappa shape index (κ3) is 1.85. The predicted octanol–water partition coefficient (Wildman–Crippen LogP) is 1.03. The molecule has 1 fully saturated rings. The number of hydrogen-bond acceptors (Lipinski definition) is 3. The maximum atomic E-state index is 4.76. The highest BCUT2D eigenvalue weighted by Gasteiger charge is 2.41. The van der Waals surface area contributed by atoms with Crippen LogP contribution in [0.25, 0.3) is 0 Å². The van der Waals surface area contributed by atoms with E-state index in [2.05, 4.69) is 11.7 Å². The number of hydrogen-bond donors (Lipinski definition) is 1. The molecular weight excluding hydrogens is 134 g/mol. The van der Waals surface area contributed by atoms with E-state index in [1.54, 1.807) is 7.11 Å². The fraction of sp³-hybridized carbons (Fsp3) is 1.00. The molecule has 0 radical (unpaired) electrons. The summed E-state index contributed by atoms with van der Waals surface area (Å²) in [5.74, 6) is 0. The molecule has 0 aromatic rings. The Morgan fingerprint density at radius 3 is 2.67 bits per heavy atom. The molecule has 1 rings (SSSR count). The van der Waals surface area contributed by atoms with Crippen molar-refractivity contribution in [2.75, 3.05) is 19.9 Å². The molecule has 0 amide bonds. The molecule has 3 heteroatoms. The summed E-state index contributed by atoms with van der Waals surface area (Å²) < 4.78 is 0.524. The second-order valence-electron chi connectivity index (χ2n) is 2.41. The van der Waals surface area contributed by atoms with Crippen LogP contribution in [-0.4, -0.2) is 24.7 Å². The molecule has 0 aliphatic heterocycles. The largest absolute Gasteiger partial charge is 0.305 e. The zero-order valence-corrected chi connectivity index (χ0v) is 6.75. The van der Waals surface area contributed by atoms with Gasteiger partial charge >= 0.3 is 0 Å². The second-order valence-corrected chi connectivity index (χ2v) is 3.69. The van der Waals surface area contributed by atoms with Crippen LogP contribution in [-0.2, 0) is 4.84 Å². The van der Waals surface area contributed by atoms with Crippen molar-refractivity contribution in [2.45, 2.75) is 17.6 Å². The summed E-state index contributed by atoms with van der Waals surface area (Å²) >= 11 is 1.94. The van der Waals surface area contributed by atoms with Crippen LogP contribution in [0.3, 0.4) is 0 Å². The summed E-state index contributed by atoms with van der Waals surface area (Å²) in [6.45, 7) is 0.991. The van der Waals surface area contributed by atoms with Crippen molar-refractivity contribution in [2.24, 2.45) is 0 Å². The quantitative estimate of drug-likeness (QED) is 0.600. The first-order valence-electron chi connectivity index (χ1n) is 3.14. The molecule has 2 nitrogen and oxygen atoms in total. The first-order valence-corrected chi connectivity index (χ1v) is 4.36. The lowest BCUT2D eigenvalue weighted by molar-refractivity contribution is 0.0909. The Balaban J connectivity index is 2.10. The van der Waals surface area contributed by atoms with E-state index in [4.69, 9.17) is 4.84 Å². The summed E-state index contributed by atoms with van der Waals surface area (Å²) in [5, 5.41) is 0. The molecule has 0 spiro atoms. The van der Waals surface area contributed by atoms with Gasteiger partial charge in [-0.1, -0.05) is 0 Å². The molecule has 54 valence electrons. The molecule has 1 aliphatic rings. The highest BCUT2D eigenvalue weighted by atomic mass is 32.2. The van der Waals surface area contributed by atoms with Gasteiger partial charge in [0.15, 0.2) is 0 Å². The van der Waals surface area contributed by atoms with Crippen LogP contribution < -0.4 is 5.48 Å². The SMILES string of the molecule is CONCC1(SC)CC1. The Morgan fingerprint density at radius 2 is 2.33 bits per heavy atom. The zero-order valence-electron chi connectivity index (χ0n) is 5.94. The maximum Gasteiger partial charge on any atom is 0.0572 e. The van der Waals surface area contributed by atoms with Gasteiger partial charge in [-0.25, -0.2) is 5.48 Å². The molecule has 0 aromatic heterocycles. The Kier molecular flexibility index (Phi) is 2.38. The van der Waals surface area contributed by atoms with Crippen LogP contribution in [0.1, 0.15) is 12.8 Å². The van der Waals surface area contributed by atoms with Crippen molar-refractivity contribution in [1.82, 2.24) is 5.48 Å². The molecule has 1 aliphatic carbocycles. The zero-order chi connectivity index (χ0) is 6.74. The minimum Gasteiger partial charge on any atom is -0.305 e. The van der Waals surface area contributed by atoms with E-state index in [1.807, 2.05) is 11.8 Å². The van der Waals surface area contributed by atoms with Crippen LogP contribution in [0.2, 0.25) is 0 Å². The highest BCUT2D eigenvalue weighted by Crippen LogP contribution is 2.46. The number of nitrogens with one attached hydrogen (secondary N) is 1. The lowest BCUT2D eigenvalue weighted by atomic mass is 10.4. The topological polar surface area (TPSA) is 21.3 Å². The summed E-state index contributed by atoms with van der Waals surface area (Å²) in [5.41, 5.74) is 2.88. The average molecular weight is 147 g/mol. The standard InChI is InChI=1S/C6H13NOS/c1-8-7-5-6(9-2)3-4-6/h7H,3-5H2,1-2H3. The first-order chi connectivity index (χ1) is 4.33. The normalized spacial score (nSPS) is 22.0. The van der Waals surface area contributed by atoms with Crippen molar-refractivity contribution in [3.63, 3.8) is 0 Å². The fourth-order valence-corrected chi connectivity index (χ4v) is 1.51. The van der Waals surface area contributed by atoms with Gasteiger partial charge in [0.1, 0.15) is 0 Å². The lowest BCUT2D eigenvalue weighted by Crippen LogP contribution is -2.24. The maximum absolute atomic E-state index is 4.76. The van der Waals surface area contributed by atoms with Crippen molar-refractivity contribution in [3.05, 3.63) is 0 Å². The third-order valence-electron chi connectivity index (χ3n) is 1.78. The van der Waals surface area contributed by atoms with Crippen molar-refractivity contribution < 1.29 is 4.84 Å². The van der Waals surface area contributed by atoms with Gasteiger partial charge in [-0.05, 0) is 19.1 Å². The van der Waals surface area contributed by atoms with Gasteiger partial charge in [0.2, 0.25) is 0 Å². The molecular formula is C6H13NOS. The fourth-order valence-electron chi connectivity index (χ4n) is 0.796. The smallest absolute Gasteiger partial charge is 0.0572 e. The van der Waals surface area contributed by atoms with E-state index in [0.29, 0.717) is 4.75 Å². The Labute approximate surface area is 60.3 Å². The summed E-state index contributed by atoms with van der Waals surface area (Å²) in [7, 11) is 1.66. The van der Waals surface area contributed by atoms with Crippen LogP contribution in [0.15, 0.2) is 0 Å². The van der Waals surface area contributed by atoms with Gasteiger partial charge in [-0.2, -0.15) is 11.8 Å². The van der Waals surface area contributed by atoms with E-state index >= 15 is 0 Å². The molecule has 0 unspecified atom stereocenters. The van der Waals surface area contributed by atoms with E-state index in [-0.39, 0.29) is 0 Å². The Bertz CT molecular complexity index is 93.1. The Hall–Kier alpha value is 0.270. The van der Waals surface area contributed by atoms with Crippen LogP contribution >= 0.6 is 11.8 Å². The summed E-state index contributed by atoms with van der Waals surface area (Å²) in [4.78, 5) is 4.76. The minimum atomic E-state index is 0.524. The lowest BCUT2D eigenvalue weighted by Gasteiger charge is -2.10. The molecule has 9 heavy (non-hydrogen) atoms. The molecule has 0 heterocycles. The average Bonchev–Trinajstić information content (AvgIpc) is 2.65. The first kappa shape index (κ1) is 7.38. The van der Waals surface area contributed by atoms with Gasteiger partial charge in [-0.3, -0.25) is 0 Å². The molecule has 0 atom stereocenters. The molecule has 0 aromatic carbocycles. The number of thioether (sulfide) groups is 1. The van der Waals surface area contributed by atoms with Crippen molar-refractivity contribution in [3.8, 4) is 0 Å².